The van der Waals surface area contributed by atoms with Gasteiger partial charge in [0.2, 0.25) is 0 Å². The van der Waals surface area contributed by atoms with E-state index in [2.05, 4.69) is 55.2 Å². The minimum absolute atomic E-state index is 0.00338. The van der Waals surface area contributed by atoms with Crippen molar-refractivity contribution in [3.8, 4) is 0 Å². The fraction of sp³-hybridized carbons (Fsp3) is 0.667. The molecular weight excluding hydrogens is 386 g/mol. The highest BCUT2D eigenvalue weighted by molar-refractivity contribution is 5.75. The van der Waals surface area contributed by atoms with Gasteiger partial charge in [-0.1, -0.05) is 42.0 Å². The number of hydrogen-bond donors (Lipinski definition) is 0. The van der Waals surface area contributed by atoms with E-state index in [-0.39, 0.29) is 35.6 Å². The van der Waals surface area contributed by atoms with Crippen LogP contribution in [-0.4, -0.2) is 48.3 Å². The Hall–Kier alpha value is -1.65. The molecule has 3 saturated heterocycles. The van der Waals surface area contributed by atoms with Gasteiger partial charge in [-0.15, -0.1) is 0 Å². The van der Waals surface area contributed by atoms with E-state index in [0.29, 0.717) is 0 Å². The number of esters is 1. The smallest absolute Gasteiger partial charge is 0.311 e. The monoisotopic (exact) mass is 423 g/mol. The van der Waals surface area contributed by atoms with Gasteiger partial charge in [0.15, 0.2) is 0 Å². The minimum Gasteiger partial charge on any atom is -0.459 e. The van der Waals surface area contributed by atoms with Crippen LogP contribution in [0.25, 0.3) is 0 Å². The fourth-order valence-corrected chi connectivity index (χ4v) is 6.15. The van der Waals surface area contributed by atoms with Crippen molar-refractivity contribution in [2.45, 2.75) is 76.6 Å². The number of carbonyl (C=O) groups excluding carboxylic acids is 1. The zero-order valence-corrected chi connectivity index (χ0v) is 19.1. The summed E-state index contributed by atoms with van der Waals surface area (Å²) in [6.45, 7) is 7.46. The molecule has 0 spiro atoms. The standard InChI is InChI=1S/C27H37NO3/c1-19-7-6-14-27(2)25(31-27)24-22(11-10-19)23(26(29)30-24)18-28-15-12-21(13-16-28)17-20-8-4-3-5-9-20/h3-5,7-9,21-25H,6,10-18H2,1-2H3/b19-7+/t22-,23-,24-,25-,27+/m0/s1. The van der Waals surface area contributed by atoms with E-state index in [0.717, 1.165) is 51.2 Å². The Bertz CT molecular complexity index is 813. The van der Waals surface area contributed by atoms with Gasteiger partial charge in [0, 0.05) is 12.5 Å². The van der Waals surface area contributed by atoms with Crippen molar-refractivity contribution in [3.05, 3.63) is 47.5 Å². The molecule has 1 aromatic carbocycles. The van der Waals surface area contributed by atoms with Crippen LogP contribution in [0.3, 0.4) is 0 Å². The van der Waals surface area contributed by atoms with E-state index in [1.165, 1.54) is 30.4 Å². The zero-order valence-electron chi connectivity index (χ0n) is 19.1. The third-order valence-corrected chi connectivity index (χ3v) is 8.27. The maximum absolute atomic E-state index is 12.9. The van der Waals surface area contributed by atoms with E-state index in [1.54, 1.807) is 0 Å². The van der Waals surface area contributed by atoms with Crippen LogP contribution in [0.15, 0.2) is 42.0 Å². The van der Waals surface area contributed by atoms with Crippen molar-refractivity contribution >= 4 is 5.97 Å². The lowest BCUT2D eigenvalue weighted by Gasteiger charge is -2.34. The third-order valence-electron chi connectivity index (χ3n) is 8.27. The van der Waals surface area contributed by atoms with E-state index in [1.807, 2.05) is 0 Å². The van der Waals surface area contributed by atoms with Crippen LogP contribution >= 0.6 is 0 Å². The van der Waals surface area contributed by atoms with Crippen LogP contribution in [0, 0.1) is 17.8 Å². The predicted molar refractivity (Wildman–Crippen MR) is 122 cm³/mol. The summed E-state index contributed by atoms with van der Waals surface area (Å²) in [4.78, 5) is 15.5. The number of allylic oxidation sites excluding steroid dienone is 2. The number of ether oxygens (including phenoxy) is 2. The second-order valence-electron chi connectivity index (χ2n) is 10.6. The fourth-order valence-electron chi connectivity index (χ4n) is 6.15. The summed E-state index contributed by atoms with van der Waals surface area (Å²) in [5, 5.41) is 0. The molecule has 0 bridgehead atoms. The van der Waals surface area contributed by atoms with E-state index in [9.17, 15) is 4.79 Å². The molecule has 3 fully saturated rings. The van der Waals surface area contributed by atoms with Crippen LogP contribution < -0.4 is 0 Å². The number of nitrogens with zero attached hydrogens (tertiary/aromatic N) is 1. The Morgan fingerprint density at radius 2 is 1.90 bits per heavy atom. The van der Waals surface area contributed by atoms with Crippen LogP contribution in [0.1, 0.15) is 57.9 Å². The first kappa shape index (κ1) is 21.2. The Morgan fingerprint density at radius 1 is 1.13 bits per heavy atom. The molecule has 0 N–H and O–H groups in total. The van der Waals surface area contributed by atoms with Crippen molar-refractivity contribution in [2.24, 2.45) is 17.8 Å². The molecule has 0 saturated carbocycles. The first-order chi connectivity index (χ1) is 15.0. The molecule has 0 radical (unpaired) electrons. The Morgan fingerprint density at radius 3 is 2.68 bits per heavy atom. The Kier molecular flexibility index (Phi) is 5.96. The summed E-state index contributed by atoms with van der Waals surface area (Å²) in [6.07, 6.45) is 10.2. The molecule has 0 aromatic heterocycles. The Labute approximate surface area is 187 Å². The number of epoxide rings is 1. The van der Waals surface area contributed by atoms with Crippen molar-refractivity contribution in [1.29, 1.82) is 0 Å². The highest BCUT2D eigenvalue weighted by Crippen LogP contribution is 2.50. The van der Waals surface area contributed by atoms with Gasteiger partial charge in [-0.2, -0.15) is 0 Å². The van der Waals surface area contributed by atoms with E-state index < -0.39 is 0 Å². The molecule has 3 aliphatic heterocycles. The molecule has 4 heteroatoms. The highest BCUT2D eigenvalue weighted by atomic mass is 16.6. The average Bonchev–Trinajstić information content (AvgIpc) is 3.34. The second kappa shape index (κ2) is 8.71. The molecule has 1 aliphatic carbocycles. The quantitative estimate of drug-likeness (QED) is 0.397. The van der Waals surface area contributed by atoms with Gasteiger partial charge in [-0.25, -0.2) is 0 Å². The molecule has 1 aromatic rings. The van der Waals surface area contributed by atoms with Crippen molar-refractivity contribution in [3.63, 3.8) is 0 Å². The lowest BCUT2D eigenvalue weighted by Crippen LogP contribution is -2.41. The average molecular weight is 424 g/mol. The first-order valence-electron chi connectivity index (χ1n) is 12.3. The lowest BCUT2D eigenvalue weighted by atomic mass is 9.80. The van der Waals surface area contributed by atoms with Crippen LogP contribution in [0.2, 0.25) is 0 Å². The van der Waals surface area contributed by atoms with Crippen LogP contribution in [0.4, 0.5) is 0 Å². The highest BCUT2D eigenvalue weighted by Gasteiger charge is 2.62. The van der Waals surface area contributed by atoms with E-state index in [4.69, 9.17) is 9.47 Å². The molecule has 4 nitrogen and oxygen atoms in total. The molecule has 4 aliphatic rings. The van der Waals surface area contributed by atoms with Crippen molar-refractivity contribution in [2.75, 3.05) is 19.6 Å². The molecule has 31 heavy (non-hydrogen) atoms. The van der Waals surface area contributed by atoms with Gasteiger partial charge in [-0.3, -0.25) is 4.79 Å². The lowest BCUT2D eigenvalue weighted by molar-refractivity contribution is -0.145. The van der Waals surface area contributed by atoms with Gasteiger partial charge in [0.1, 0.15) is 12.2 Å². The normalized spacial score (nSPS) is 38.5. The SMILES string of the molecule is C/C1=C\CC[C@@]2(C)O[C@H]2[C@H]2OC(=O)[C@@H](CN3CCC(Cc4ccccc4)CC3)[C@@H]2CC1. The Balaban J connectivity index is 1.21. The van der Waals surface area contributed by atoms with Gasteiger partial charge >= 0.3 is 5.97 Å². The molecule has 0 amide bonds. The van der Waals surface area contributed by atoms with Crippen molar-refractivity contribution < 1.29 is 14.3 Å². The number of fused-ring (bicyclic) bond motifs is 3. The van der Waals surface area contributed by atoms with Gasteiger partial charge in [-0.05, 0) is 83.4 Å². The summed E-state index contributed by atoms with van der Waals surface area (Å²) < 4.78 is 12.1. The third kappa shape index (κ3) is 4.61. The molecule has 168 valence electrons. The summed E-state index contributed by atoms with van der Waals surface area (Å²) in [6, 6.07) is 10.8. The summed E-state index contributed by atoms with van der Waals surface area (Å²) in [7, 11) is 0. The topological polar surface area (TPSA) is 42.1 Å². The second-order valence-corrected chi connectivity index (χ2v) is 10.6. The number of piperidine rings is 1. The number of rotatable bonds is 4. The van der Waals surface area contributed by atoms with Crippen LogP contribution in [0.5, 0.6) is 0 Å². The summed E-state index contributed by atoms with van der Waals surface area (Å²) in [5.41, 5.74) is 2.78. The number of likely N-dealkylation sites (tertiary alicyclic amines) is 1. The maximum atomic E-state index is 12.9. The summed E-state index contributed by atoms with van der Waals surface area (Å²) >= 11 is 0. The number of benzene rings is 1. The molecule has 5 atom stereocenters. The van der Waals surface area contributed by atoms with Gasteiger partial charge < -0.3 is 14.4 Å². The zero-order chi connectivity index (χ0) is 21.4. The molecular formula is C27H37NO3. The van der Waals surface area contributed by atoms with Gasteiger partial charge in [0.25, 0.3) is 0 Å². The molecule has 0 unspecified atom stereocenters. The largest absolute Gasteiger partial charge is 0.459 e. The van der Waals surface area contributed by atoms with Gasteiger partial charge in [0.05, 0.1) is 11.5 Å². The molecule has 3 heterocycles. The first-order valence-corrected chi connectivity index (χ1v) is 12.3. The number of hydrogen-bond acceptors (Lipinski definition) is 4. The van der Waals surface area contributed by atoms with E-state index >= 15 is 0 Å². The molecule has 5 rings (SSSR count). The van der Waals surface area contributed by atoms with Crippen molar-refractivity contribution in [1.82, 2.24) is 4.90 Å². The summed E-state index contributed by atoms with van der Waals surface area (Å²) in [5.74, 6) is 1.04. The predicted octanol–water partition coefficient (Wildman–Crippen LogP) is 4.78. The van der Waals surface area contributed by atoms with Crippen LogP contribution in [-0.2, 0) is 20.7 Å². The maximum Gasteiger partial charge on any atom is 0.311 e. The number of carbonyl (C=O) groups is 1. The minimum atomic E-state index is -0.109.